The van der Waals surface area contributed by atoms with Gasteiger partial charge in [-0.2, -0.15) is 0 Å². The SMILES string of the molecule is COCCNCc1nccn1Cc1cccc(Cl)c1. The minimum atomic E-state index is 0.703. The highest BCUT2D eigenvalue weighted by Crippen LogP contribution is 2.12. The summed E-state index contributed by atoms with van der Waals surface area (Å²) in [7, 11) is 1.70. The molecule has 19 heavy (non-hydrogen) atoms. The molecule has 1 N–H and O–H groups in total. The van der Waals surface area contributed by atoms with E-state index in [9.17, 15) is 0 Å². The normalized spacial score (nSPS) is 10.8. The molecule has 0 saturated carbocycles. The topological polar surface area (TPSA) is 39.1 Å². The van der Waals surface area contributed by atoms with Crippen LogP contribution < -0.4 is 5.32 Å². The lowest BCUT2D eigenvalue weighted by Crippen LogP contribution is -2.21. The Labute approximate surface area is 118 Å². The minimum absolute atomic E-state index is 0.703. The Morgan fingerprint density at radius 1 is 1.42 bits per heavy atom. The van der Waals surface area contributed by atoms with Gasteiger partial charge in [-0.1, -0.05) is 23.7 Å². The van der Waals surface area contributed by atoms with Gasteiger partial charge in [0.05, 0.1) is 13.2 Å². The van der Waals surface area contributed by atoms with Crippen molar-refractivity contribution in [1.82, 2.24) is 14.9 Å². The van der Waals surface area contributed by atoms with E-state index in [1.54, 1.807) is 7.11 Å². The van der Waals surface area contributed by atoms with Crippen LogP contribution in [0.15, 0.2) is 36.7 Å². The van der Waals surface area contributed by atoms with Crippen molar-refractivity contribution in [3.63, 3.8) is 0 Å². The Bertz CT molecular complexity index is 513. The molecule has 2 aromatic rings. The van der Waals surface area contributed by atoms with Gasteiger partial charge < -0.3 is 14.6 Å². The number of hydrogen-bond donors (Lipinski definition) is 1. The molecule has 0 atom stereocenters. The molecule has 0 bridgehead atoms. The third kappa shape index (κ3) is 4.35. The van der Waals surface area contributed by atoms with E-state index in [1.807, 2.05) is 30.6 Å². The van der Waals surface area contributed by atoms with Gasteiger partial charge in [-0.25, -0.2) is 4.98 Å². The number of halogens is 1. The van der Waals surface area contributed by atoms with Crippen LogP contribution in [0.3, 0.4) is 0 Å². The van der Waals surface area contributed by atoms with E-state index in [0.717, 1.165) is 30.5 Å². The number of benzene rings is 1. The fraction of sp³-hybridized carbons (Fsp3) is 0.357. The maximum absolute atomic E-state index is 5.99. The smallest absolute Gasteiger partial charge is 0.122 e. The van der Waals surface area contributed by atoms with Gasteiger partial charge in [0.25, 0.3) is 0 Å². The molecule has 0 radical (unpaired) electrons. The summed E-state index contributed by atoms with van der Waals surface area (Å²) >= 11 is 5.99. The van der Waals surface area contributed by atoms with Crippen LogP contribution in [-0.2, 0) is 17.8 Å². The second-order valence-corrected chi connectivity index (χ2v) is 4.71. The summed E-state index contributed by atoms with van der Waals surface area (Å²) in [6, 6.07) is 7.88. The highest BCUT2D eigenvalue weighted by atomic mass is 35.5. The van der Waals surface area contributed by atoms with Crippen LogP contribution in [0.4, 0.5) is 0 Å². The summed E-state index contributed by atoms with van der Waals surface area (Å²) in [5.74, 6) is 1.01. The third-order valence-corrected chi connectivity index (χ3v) is 3.04. The summed E-state index contributed by atoms with van der Waals surface area (Å²) in [6.07, 6.45) is 3.80. The van der Waals surface area contributed by atoms with Gasteiger partial charge >= 0.3 is 0 Å². The van der Waals surface area contributed by atoms with Crippen LogP contribution in [0.5, 0.6) is 0 Å². The monoisotopic (exact) mass is 279 g/mol. The van der Waals surface area contributed by atoms with Crippen LogP contribution in [0, 0.1) is 0 Å². The number of nitrogens with one attached hydrogen (secondary N) is 1. The Balaban J connectivity index is 1.95. The largest absolute Gasteiger partial charge is 0.383 e. The lowest BCUT2D eigenvalue weighted by molar-refractivity contribution is 0.199. The molecule has 0 amide bonds. The summed E-state index contributed by atoms with van der Waals surface area (Å²) in [5.41, 5.74) is 1.17. The fourth-order valence-corrected chi connectivity index (χ4v) is 2.07. The number of rotatable bonds is 7. The number of imidazole rings is 1. The molecule has 1 heterocycles. The predicted molar refractivity (Wildman–Crippen MR) is 76.4 cm³/mol. The Kier molecular flexibility index (Phi) is 5.39. The second kappa shape index (κ2) is 7.28. The van der Waals surface area contributed by atoms with Gasteiger partial charge in [0.2, 0.25) is 0 Å². The number of nitrogens with zero attached hydrogens (tertiary/aromatic N) is 2. The van der Waals surface area contributed by atoms with Crippen molar-refractivity contribution in [1.29, 1.82) is 0 Å². The maximum atomic E-state index is 5.99. The highest BCUT2D eigenvalue weighted by molar-refractivity contribution is 6.30. The molecule has 0 unspecified atom stereocenters. The molecule has 0 fully saturated rings. The average Bonchev–Trinajstić information content (AvgIpc) is 2.82. The zero-order chi connectivity index (χ0) is 13.5. The van der Waals surface area contributed by atoms with Crippen molar-refractivity contribution in [2.75, 3.05) is 20.3 Å². The molecule has 1 aromatic carbocycles. The second-order valence-electron chi connectivity index (χ2n) is 4.27. The first-order chi connectivity index (χ1) is 9.29. The van der Waals surface area contributed by atoms with Gasteiger partial charge in [0, 0.05) is 37.6 Å². The van der Waals surface area contributed by atoms with Crippen molar-refractivity contribution in [2.24, 2.45) is 0 Å². The quantitative estimate of drug-likeness (QED) is 0.791. The van der Waals surface area contributed by atoms with Crippen LogP contribution in [-0.4, -0.2) is 29.8 Å². The zero-order valence-corrected chi connectivity index (χ0v) is 11.7. The van der Waals surface area contributed by atoms with Gasteiger partial charge in [-0.3, -0.25) is 0 Å². The van der Waals surface area contributed by atoms with Crippen LogP contribution in [0.25, 0.3) is 0 Å². The number of aromatic nitrogens is 2. The van der Waals surface area contributed by atoms with Crippen LogP contribution >= 0.6 is 11.6 Å². The first kappa shape index (κ1) is 14.1. The molecule has 0 saturated heterocycles. The lowest BCUT2D eigenvalue weighted by atomic mass is 10.2. The molecule has 0 spiro atoms. The zero-order valence-electron chi connectivity index (χ0n) is 11.0. The lowest BCUT2D eigenvalue weighted by Gasteiger charge is -2.09. The molecule has 4 nitrogen and oxygen atoms in total. The molecule has 2 rings (SSSR count). The molecule has 0 aliphatic heterocycles. The molecule has 1 aromatic heterocycles. The minimum Gasteiger partial charge on any atom is -0.383 e. The molecular weight excluding hydrogens is 262 g/mol. The van der Waals surface area contributed by atoms with Gasteiger partial charge in [0.1, 0.15) is 5.82 Å². The Morgan fingerprint density at radius 3 is 3.11 bits per heavy atom. The highest BCUT2D eigenvalue weighted by Gasteiger charge is 2.03. The summed E-state index contributed by atoms with van der Waals surface area (Å²) < 4.78 is 7.11. The predicted octanol–water partition coefficient (Wildman–Crippen LogP) is 2.32. The van der Waals surface area contributed by atoms with E-state index in [4.69, 9.17) is 16.3 Å². The van der Waals surface area contributed by atoms with Crippen LogP contribution in [0.2, 0.25) is 5.02 Å². The summed E-state index contributed by atoms with van der Waals surface area (Å²) in [6.45, 7) is 3.04. The van der Waals surface area contributed by atoms with E-state index in [2.05, 4.69) is 20.9 Å². The van der Waals surface area contributed by atoms with Crippen molar-refractivity contribution >= 4 is 11.6 Å². The third-order valence-electron chi connectivity index (χ3n) is 2.81. The molecule has 0 aliphatic carbocycles. The number of hydrogen-bond acceptors (Lipinski definition) is 3. The van der Waals surface area contributed by atoms with E-state index < -0.39 is 0 Å². The van der Waals surface area contributed by atoms with Crippen molar-refractivity contribution in [3.05, 3.63) is 53.1 Å². The fourth-order valence-electron chi connectivity index (χ4n) is 1.86. The molecule has 102 valence electrons. The van der Waals surface area contributed by atoms with E-state index in [-0.39, 0.29) is 0 Å². The van der Waals surface area contributed by atoms with E-state index in [1.165, 1.54) is 5.56 Å². The maximum Gasteiger partial charge on any atom is 0.122 e. The standard InChI is InChI=1S/C14H18ClN3O/c1-19-8-6-16-10-14-17-5-7-18(14)11-12-3-2-4-13(15)9-12/h2-5,7,9,16H,6,8,10-11H2,1H3. The van der Waals surface area contributed by atoms with E-state index >= 15 is 0 Å². The molecule has 5 heteroatoms. The van der Waals surface area contributed by atoms with Crippen LogP contribution in [0.1, 0.15) is 11.4 Å². The van der Waals surface area contributed by atoms with Gasteiger partial charge in [0.15, 0.2) is 0 Å². The number of methoxy groups -OCH3 is 1. The first-order valence-corrected chi connectivity index (χ1v) is 6.61. The van der Waals surface area contributed by atoms with Crippen molar-refractivity contribution in [3.8, 4) is 0 Å². The summed E-state index contributed by atoms with van der Waals surface area (Å²) in [4.78, 5) is 4.36. The summed E-state index contributed by atoms with van der Waals surface area (Å²) in [5, 5.41) is 4.05. The average molecular weight is 280 g/mol. The number of ether oxygens (including phenoxy) is 1. The Hall–Kier alpha value is -1.36. The first-order valence-electron chi connectivity index (χ1n) is 6.23. The van der Waals surface area contributed by atoms with Gasteiger partial charge in [-0.15, -0.1) is 0 Å². The van der Waals surface area contributed by atoms with E-state index in [0.29, 0.717) is 6.61 Å². The Morgan fingerprint density at radius 2 is 2.32 bits per heavy atom. The van der Waals surface area contributed by atoms with Crippen molar-refractivity contribution < 1.29 is 4.74 Å². The van der Waals surface area contributed by atoms with Crippen molar-refractivity contribution in [2.45, 2.75) is 13.1 Å². The molecular formula is C14H18ClN3O. The van der Waals surface area contributed by atoms with Gasteiger partial charge in [-0.05, 0) is 17.7 Å². The molecule has 0 aliphatic rings.